The van der Waals surface area contributed by atoms with Gasteiger partial charge in [0.05, 0.1) is 17.7 Å². The molecule has 1 fully saturated rings. The van der Waals surface area contributed by atoms with E-state index < -0.39 is 17.7 Å². The summed E-state index contributed by atoms with van der Waals surface area (Å²) in [5.74, 6) is -1.49. The smallest absolute Gasteiger partial charge is 0.300 e. The predicted molar refractivity (Wildman–Crippen MR) is 137 cm³/mol. The highest BCUT2D eigenvalue weighted by molar-refractivity contribution is 6.51. The van der Waals surface area contributed by atoms with Crippen molar-refractivity contribution in [2.75, 3.05) is 10.2 Å². The molecule has 36 heavy (non-hydrogen) atoms. The molecule has 2 heterocycles. The van der Waals surface area contributed by atoms with E-state index in [1.165, 1.54) is 11.8 Å². The van der Waals surface area contributed by atoms with Gasteiger partial charge in [0, 0.05) is 36.3 Å². The second kappa shape index (κ2) is 10.0. The van der Waals surface area contributed by atoms with Crippen LogP contribution in [0, 0.1) is 6.92 Å². The molecule has 3 aromatic rings. The number of aromatic nitrogens is 1. The third kappa shape index (κ3) is 4.84. The van der Waals surface area contributed by atoms with Crippen LogP contribution in [-0.4, -0.2) is 33.8 Å². The van der Waals surface area contributed by atoms with E-state index in [0.29, 0.717) is 28.3 Å². The lowest BCUT2D eigenvalue weighted by atomic mass is 9.95. The van der Waals surface area contributed by atoms with E-state index in [0.717, 1.165) is 5.56 Å². The van der Waals surface area contributed by atoms with Crippen molar-refractivity contribution in [2.45, 2.75) is 39.8 Å². The molecule has 0 saturated carbocycles. The lowest BCUT2D eigenvalue weighted by Gasteiger charge is -2.25. The van der Waals surface area contributed by atoms with Crippen LogP contribution in [-0.2, 0) is 14.4 Å². The Kier molecular flexibility index (Phi) is 6.87. The van der Waals surface area contributed by atoms with Gasteiger partial charge in [0.2, 0.25) is 5.91 Å². The summed E-state index contributed by atoms with van der Waals surface area (Å²) in [6.45, 7) is 7.07. The molecule has 4 rings (SSSR count). The fourth-order valence-electron chi connectivity index (χ4n) is 4.23. The highest BCUT2D eigenvalue weighted by atomic mass is 16.5. The van der Waals surface area contributed by atoms with Gasteiger partial charge in [-0.2, -0.15) is 0 Å². The number of aliphatic hydroxyl groups excluding tert-OH is 1. The minimum Gasteiger partial charge on any atom is -0.507 e. The number of benzene rings is 2. The van der Waals surface area contributed by atoms with Crippen molar-refractivity contribution in [2.24, 2.45) is 0 Å². The van der Waals surface area contributed by atoms with Crippen molar-refractivity contribution in [3.05, 3.63) is 89.3 Å². The van der Waals surface area contributed by atoms with E-state index in [4.69, 9.17) is 4.74 Å². The van der Waals surface area contributed by atoms with E-state index in [2.05, 4.69) is 10.3 Å². The number of anilines is 2. The molecule has 1 aromatic heterocycles. The van der Waals surface area contributed by atoms with Crippen LogP contribution in [0.2, 0.25) is 0 Å². The molecule has 2 aromatic carbocycles. The minimum absolute atomic E-state index is 0.0210. The molecule has 2 N–H and O–H groups in total. The second-order valence-electron chi connectivity index (χ2n) is 8.83. The zero-order valence-corrected chi connectivity index (χ0v) is 20.5. The lowest BCUT2D eigenvalue weighted by molar-refractivity contribution is -0.132. The summed E-state index contributed by atoms with van der Waals surface area (Å²) in [7, 11) is 0. The van der Waals surface area contributed by atoms with Crippen molar-refractivity contribution < 1.29 is 24.2 Å². The summed E-state index contributed by atoms with van der Waals surface area (Å²) >= 11 is 0. The number of aryl methyl sites for hydroxylation is 1. The fraction of sp³-hybridized carbons (Fsp3) is 0.214. The van der Waals surface area contributed by atoms with Gasteiger partial charge < -0.3 is 15.2 Å². The number of hydrogen-bond acceptors (Lipinski definition) is 6. The van der Waals surface area contributed by atoms with Gasteiger partial charge in [-0.1, -0.05) is 12.1 Å². The number of rotatable bonds is 6. The van der Waals surface area contributed by atoms with E-state index in [-0.39, 0.29) is 23.3 Å². The van der Waals surface area contributed by atoms with Gasteiger partial charge in [0.1, 0.15) is 11.5 Å². The summed E-state index contributed by atoms with van der Waals surface area (Å²) in [6.07, 6.45) is 3.12. The van der Waals surface area contributed by atoms with Crippen molar-refractivity contribution in [1.29, 1.82) is 0 Å². The first-order valence-corrected chi connectivity index (χ1v) is 11.5. The molecule has 1 aliphatic heterocycles. The van der Waals surface area contributed by atoms with Crippen molar-refractivity contribution in [3.63, 3.8) is 0 Å². The summed E-state index contributed by atoms with van der Waals surface area (Å²) in [4.78, 5) is 43.7. The van der Waals surface area contributed by atoms with Crippen LogP contribution < -0.4 is 15.0 Å². The van der Waals surface area contributed by atoms with Crippen LogP contribution in [0.5, 0.6) is 5.75 Å². The normalized spacial score (nSPS) is 16.9. The van der Waals surface area contributed by atoms with Crippen LogP contribution in [0.15, 0.2) is 72.6 Å². The molecule has 0 radical (unpaired) electrons. The van der Waals surface area contributed by atoms with Gasteiger partial charge in [-0.3, -0.25) is 24.3 Å². The Morgan fingerprint density at radius 3 is 2.53 bits per heavy atom. The SMILES string of the molecule is CC(=O)Nc1cccc(N2C(=O)C(=O)/C(=C(/O)c3ccc(OC(C)C)c(C)c3)C2c2cccnc2)c1. The van der Waals surface area contributed by atoms with Gasteiger partial charge in [-0.25, -0.2) is 0 Å². The van der Waals surface area contributed by atoms with Crippen LogP contribution in [0.3, 0.4) is 0 Å². The maximum absolute atomic E-state index is 13.3. The molecule has 0 bridgehead atoms. The number of carbonyl (C=O) groups excluding carboxylic acids is 3. The molecule has 184 valence electrons. The number of hydrogen-bond donors (Lipinski definition) is 2. The molecule has 8 nitrogen and oxygen atoms in total. The molecule has 1 saturated heterocycles. The highest BCUT2D eigenvalue weighted by Gasteiger charge is 2.47. The first-order valence-electron chi connectivity index (χ1n) is 11.5. The van der Waals surface area contributed by atoms with Crippen LogP contribution >= 0.6 is 0 Å². The Balaban J connectivity index is 1.86. The van der Waals surface area contributed by atoms with E-state index in [9.17, 15) is 19.5 Å². The van der Waals surface area contributed by atoms with Crippen LogP contribution in [0.25, 0.3) is 5.76 Å². The predicted octanol–water partition coefficient (Wildman–Crippen LogP) is 4.76. The summed E-state index contributed by atoms with van der Waals surface area (Å²) in [6, 6.07) is 14.3. The van der Waals surface area contributed by atoms with Gasteiger partial charge >= 0.3 is 0 Å². The molecular weight excluding hydrogens is 458 g/mol. The number of carbonyl (C=O) groups is 3. The van der Waals surface area contributed by atoms with E-state index in [1.807, 2.05) is 20.8 Å². The highest BCUT2D eigenvalue weighted by Crippen LogP contribution is 2.42. The van der Waals surface area contributed by atoms with Gasteiger partial charge in [-0.05, 0) is 74.4 Å². The topological polar surface area (TPSA) is 109 Å². The molecule has 0 spiro atoms. The zero-order chi connectivity index (χ0) is 26.0. The number of nitrogens with zero attached hydrogens (tertiary/aromatic N) is 2. The van der Waals surface area contributed by atoms with Crippen molar-refractivity contribution in [1.82, 2.24) is 4.98 Å². The number of aliphatic hydroxyl groups is 1. The lowest BCUT2D eigenvalue weighted by Crippen LogP contribution is -2.29. The van der Waals surface area contributed by atoms with Crippen molar-refractivity contribution >= 4 is 34.7 Å². The fourth-order valence-corrected chi connectivity index (χ4v) is 4.23. The Labute approximate surface area is 209 Å². The standard InChI is InChI=1S/C28H27N3O5/c1-16(2)36-23-11-10-19(13-17(23)3)26(33)24-25(20-7-6-12-29-15-20)31(28(35)27(24)34)22-9-5-8-21(14-22)30-18(4)32/h5-16,25,33H,1-4H3,(H,30,32)/b26-24+. The van der Waals surface area contributed by atoms with Gasteiger partial charge in [0.25, 0.3) is 11.7 Å². The monoisotopic (exact) mass is 485 g/mol. The molecule has 1 atom stereocenters. The van der Waals surface area contributed by atoms with Gasteiger partial charge in [-0.15, -0.1) is 0 Å². The minimum atomic E-state index is -0.918. The number of nitrogens with one attached hydrogen (secondary N) is 1. The first kappa shape index (κ1) is 24.7. The quantitative estimate of drug-likeness (QED) is 0.296. The summed E-state index contributed by atoms with van der Waals surface area (Å²) in [5, 5.41) is 14.0. The molecule has 2 amide bonds. The first-order chi connectivity index (χ1) is 17.2. The maximum Gasteiger partial charge on any atom is 0.300 e. The zero-order valence-electron chi connectivity index (χ0n) is 20.5. The number of ether oxygens (including phenoxy) is 1. The number of ketones is 1. The van der Waals surface area contributed by atoms with Crippen LogP contribution in [0.4, 0.5) is 11.4 Å². The van der Waals surface area contributed by atoms with Crippen LogP contribution in [0.1, 0.15) is 43.5 Å². The molecule has 8 heteroatoms. The molecular formula is C28H27N3O5. The number of pyridine rings is 1. The van der Waals surface area contributed by atoms with Crippen molar-refractivity contribution in [3.8, 4) is 5.75 Å². The van der Waals surface area contributed by atoms with E-state index >= 15 is 0 Å². The maximum atomic E-state index is 13.3. The molecule has 0 aliphatic carbocycles. The average molecular weight is 486 g/mol. The summed E-state index contributed by atoms with van der Waals surface area (Å²) < 4.78 is 5.78. The Morgan fingerprint density at radius 1 is 1.11 bits per heavy atom. The Bertz CT molecular complexity index is 1360. The Hall–Kier alpha value is -4.46. The van der Waals surface area contributed by atoms with Gasteiger partial charge in [0.15, 0.2) is 0 Å². The van der Waals surface area contributed by atoms with E-state index in [1.54, 1.807) is 67.0 Å². The largest absolute Gasteiger partial charge is 0.507 e. The number of amides is 2. The number of Topliss-reactive ketones (excluding diaryl/α,β-unsaturated/α-hetero) is 1. The summed E-state index contributed by atoms with van der Waals surface area (Å²) in [5.41, 5.74) is 2.55. The molecule has 1 aliphatic rings. The second-order valence-corrected chi connectivity index (χ2v) is 8.83. The molecule has 1 unspecified atom stereocenters. The third-order valence-corrected chi connectivity index (χ3v) is 5.70. The Morgan fingerprint density at radius 2 is 1.89 bits per heavy atom. The average Bonchev–Trinajstić information content (AvgIpc) is 3.10. The third-order valence-electron chi connectivity index (χ3n) is 5.70.